The summed E-state index contributed by atoms with van der Waals surface area (Å²) >= 11 is 0. The Kier molecular flexibility index (Phi) is 7.06. The van der Waals surface area contributed by atoms with E-state index in [1.807, 2.05) is 6.92 Å². The first-order valence-electron chi connectivity index (χ1n) is 7.13. The van der Waals surface area contributed by atoms with E-state index in [4.69, 9.17) is 4.74 Å². The van der Waals surface area contributed by atoms with E-state index < -0.39 is 0 Å². The minimum absolute atomic E-state index is 0.430. The molecule has 0 aliphatic rings. The van der Waals surface area contributed by atoms with E-state index in [-0.39, 0.29) is 0 Å². The van der Waals surface area contributed by atoms with Crippen LogP contribution in [0.15, 0.2) is 18.5 Å². The molecule has 0 saturated heterocycles. The van der Waals surface area contributed by atoms with E-state index in [0.717, 1.165) is 26.3 Å². The fourth-order valence-corrected chi connectivity index (χ4v) is 1.97. The lowest BCUT2D eigenvalue weighted by Gasteiger charge is -2.21. The summed E-state index contributed by atoms with van der Waals surface area (Å²) in [5.41, 5.74) is 1.35. The Hall–Kier alpha value is -0.800. The summed E-state index contributed by atoms with van der Waals surface area (Å²) in [5, 5.41) is 3.59. The molecule has 0 saturated carbocycles. The zero-order valence-electron chi connectivity index (χ0n) is 12.3. The lowest BCUT2D eigenvalue weighted by molar-refractivity contribution is 0.108. The second-order valence-corrected chi connectivity index (χ2v) is 5.15. The van der Waals surface area contributed by atoms with E-state index in [2.05, 4.69) is 49.1 Å². The highest BCUT2D eigenvalue weighted by atomic mass is 16.5. The number of aromatic nitrogens is 1. The summed E-state index contributed by atoms with van der Waals surface area (Å²) in [6, 6.07) is 2.63. The first kappa shape index (κ1) is 15.3. The second kappa shape index (κ2) is 8.33. The molecule has 18 heavy (non-hydrogen) atoms. The van der Waals surface area contributed by atoms with Gasteiger partial charge < -0.3 is 14.6 Å². The van der Waals surface area contributed by atoms with Crippen LogP contribution in [0.25, 0.3) is 0 Å². The van der Waals surface area contributed by atoms with Crippen molar-refractivity contribution in [2.45, 2.75) is 53.2 Å². The molecule has 3 heteroatoms. The van der Waals surface area contributed by atoms with Gasteiger partial charge in [0.1, 0.15) is 0 Å². The van der Waals surface area contributed by atoms with Crippen molar-refractivity contribution in [1.82, 2.24) is 9.88 Å². The third kappa shape index (κ3) is 5.23. The Balaban J connectivity index is 2.40. The van der Waals surface area contributed by atoms with E-state index in [1.54, 1.807) is 0 Å². The molecule has 1 unspecified atom stereocenters. The zero-order chi connectivity index (χ0) is 13.4. The number of rotatable bonds is 9. The van der Waals surface area contributed by atoms with Gasteiger partial charge in [-0.05, 0) is 30.9 Å². The fraction of sp³-hybridized carbons (Fsp3) is 0.733. The average Bonchev–Trinajstić information content (AvgIpc) is 2.77. The van der Waals surface area contributed by atoms with Crippen molar-refractivity contribution in [3.8, 4) is 0 Å². The molecule has 0 amide bonds. The number of aryl methyl sites for hydroxylation is 1. The number of hydrogen-bond donors (Lipinski definition) is 1. The first-order chi connectivity index (χ1) is 8.67. The Morgan fingerprint density at radius 3 is 2.72 bits per heavy atom. The summed E-state index contributed by atoms with van der Waals surface area (Å²) in [4.78, 5) is 0. The molecule has 0 aliphatic heterocycles. The monoisotopic (exact) mass is 252 g/mol. The molecule has 1 atom stereocenters. The molecule has 0 radical (unpaired) electrons. The van der Waals surface area contributed by atoms with Crippen molar-refractivity contribution in [1.29, 1.82) is 0 Å². The summed E-state index contributed by atoms with van der Waals surface area (Å²) in [6.07, 6.45) is 5.57. The first-order valence-corrected chi connectivity index (χ1v) is 7.13. The number of nitrogens with zero attached hydrogens (tertiary/aromatic N) is 1. The van der Waals surface area contributed by atoms with E-state index in [1.165, 1.54) is 12.0 Å². The van der Waals surface area contributed by atoms with Crippen LogP contribution in [0.2, 0.25) is 0 Å². The van der Waals surface area contributed by atoms with Gasteiger partial charge in [-0.3, -0.25) is 0 Å². The van der Waals surface area contributed by atoms with Crippen LogP contribution < -0.4 is 5.32 Å². The van der Waals surface area contributed by atoms with Crippen LogP contribution in [0.3, 0.4) is 0 Å². The molecule has 0 spiro atoms. The molecular formula is C15H28N2O. The Bertz CT molecular complexity index is 320. The quantitative estimate of drug-likeness (QED) is 0.731. The highest BCUT2D eigenvalue weighted by Crippen LogP contribution is 2.06. The molecule has 1 aromatic heterocycles. The maximum atomic E-state index is 5.52. The number of hydrogen-bond acceptors (Lipinski definition) is 2. The van der Waals surface area contributed by atoms with Crippen LogP contribution in [-0.2, 0) is 17.8 Å². The Morgan fingerprint density at radius 1 is 1.33 bits per heavy atom. The van der Waals surface area contributed by atoms with Crippen molar-refractivity contribution in [3.05, 3.63) is 24.0 Å². The maximum absolute atomic E-state index is 5.52. The standard InChI is InChI=1S/C15H28N2O/c1-5-8-17-9-7-14(11-17)10-16-15(13(3)4)12-18-6-2/h7,9,11,13,15-16H,5-6,8,10,12H2,1-4H3. The molecule has 1 aromatic rings. The van der Waals surface area contributed by atoms with Crippen molar-refractivity contribution < 1.29 is 4.74 Å². The van der Waals surface area contributed by atoms with Crippen LogP contribution in [0.4, 0.5) is 0 Å². The van der Waals surface area contributed by atoms with E-state index in [0.29, 0.717) is 12.0 Å². The second-order valence-electron chi connectivity index (χ2n) is 5.15. The smallest absolute Gasteiger partial charge is 0.0622 e. The largest absolute Gasteiger partial charge is 0.380 e. The van der Waals surface area contributed by atoms with Gasteiger partial charge in [-0.15, -0.1) is 0 Å². The van der Waals surface area contributed by atoms with Crippen molar-refractivity contribution in [3.63, 3.8) is 0 Å². The summed E-state index contributed by atoms with van der Waals surface area (Å²) in [7, 11) is 0. The van der Waals surface area contributed by atoms with Crippen LogP contribution in [0.1, 0.15) is 39.7 Å². The van der Waals surface area contributed by atoms with Gasteiger partial charge in [0.15, 0.2) is 0 Å². The molecule has 1 heterocycles. The molecule has 0 fully saturated rings. The molecule has 3 nitrogen and oxygen atoms in total. The predicted molar refractivity (Wildman–Crippen MR) is 76.7 cm³/mol. The highest BCUT2D eigenvalue weighted by molar-refractivity contribution is 5.10. The predicted octanol–water partition coefficient (Wildman–Crippen LogP) is 3.05. The zero-order valence-corrected chi connectivity index (χ0v) is 12.3. The maximum Gasteiger partial charge on any atom is 0.0622 e. The third-order valence-electron chi connectivity index (χ3n) is 3.17. The van der Waals surface area contributed by atoms with Crippen LogP contribution >= 0.6 is 0 Å². The Morgan fingerprint density at radius 2 is 2.11 bits per heavy atom. The number of ether oxygens (including phenoxy) is 1. The summed E-state index contributed by atoms with van der Waals surface area (Å²) < 4.78 is 7.78. The third-order valence-corrected chi connectivity index (χ3v) is 3.17. The van der Waals surface area contributed by atoms with Gasteiger partial charge in [-0.2, -0.15) is 0 Å². The van der Waals surface area contributed by atoms with Gasteiger partial charge in [0.2, 0.25) is 0 Å². The van der Waals surface area contributed by atoms with Gasteiger partial charge >= 0.3 is 0 Å². The Labute approximate surface area is 112 Å². The minimum atomic E-state index is 0.430. The lowest BCUT2D eigenvalue weighted by Crippen LogP contribution is -2.37. The van der Waals surface area contributed by atoms with Gasteiger partial charge in [0.25, 0.3) is 0 Å². The van der Waals surface area contributed by atoms with E-state index >= 15 is 0 Å². The van der Waals surface area contributed by atoms with Gasteiger partial charge in [-0.1, -0.05) is 20.8 Å². The van der Waals surface area contributed by atoms with Crippen LogP contribution in [0.5, 0.6) is 0 Å². The SMILES string of the molecule is CCCn1ccc(CNC(COCC)C(C)C)c1. The average molecular weight is 252 g/mol. The lowest BCUT2D eigenvalue weighted by atomic mass is 10.1. The van der Waals surface area contributed by atoms with Gasteiger partial charge in [0.05, 0.1) is 6.61 Å². The molecule has 104 valence electrons. The van der Waals surface area contributed by atoms with Crippen LogP contribution in [-0.4, -0.2) is 23.8 Å². The van der Waals surface area contributed by atoms with Gasteiger partial charge in [0, 0.05) is 38.1 Å². The minimum Gasteiger partial charge on any atom is -0.380 e. The van der Waals surface area contributed by atoms with Crippen molar-refractivity contribution in [2.75, 3.05) is 13.2 Å². The van der Waals surface area contributed by atoms with Gasteiger partial charge in [-0.25, -0.2) is 0 Å². The molecule has 1 N–H and O–H groups in total. The number of nitrogens with one attached hydrogen (secondary N) is 1. The molecule has 0 aliphatic carbocycles. The van der Waals surface area contributed by atoms with E-state index in [9.17, 15) is 0 Å². The highest BCUT2D eigenvalue weighted by Gasteiger charge is 2.12. The molecule has 1 rings (SSSR count). The van der Waals surface area contributed by atoms with Crippen LogP contribution in [0, 0.1) is 5.92 Å². The normalized spacial score (nSPS) is 13.2. The molecule has 0 bridgehead atoms. The molecule has 0 aromatic carbocycles. The summed E-state index contributed by atoms with van der Waals surface area (Å²) in [5.74, 6) is 0.592. The van der Waals surface area contributed by atoms with Crippen molar-refractivity contribution in [2.24, 2.45) is 5.92 Å². The van der Waals surface area contributed by atoms with Crippen molar-refractivity contribution >= 4 is 0 Å². The fourth-order valence-electron chi connectivity index (χ4n) is 1.97. The topological polar surface area (TPSA) is 26.2 Å². The summed E-state index contributed by atoms with van der Waals surface area (Å²) in [6.45, 7) is 12.3. The molecular weight excluding hydrogens is 224 g/mol.